The molecule has 254 valence electrons. The van der Waals surface area contributed by atoms with Crippen LogP contribution in [0.15, 0.2) is 218 Å². The Labute approximate surface area is 315 Å². The van der Waals surface area contributed by atoms with Crippen molar-refractivity contribution in [2.24, 2.45) is 0 Å². The Morgan fingerprint density at radius 1 is 0.352 bits per heavy atom. The number of hydrogen-bond acceptors (Lipinski definition) is 1. The monoisotopic (exact) mass is 688 g/mol. The number of nitrogens with zero attached hydrogens (tertiary/aromatic N) is 2. The van der Waals surface area contributed by atoms with Gasteiger partial charge in [0.15, 0.2) is 0 Å². The summed E-state index contributed by atoms with van der Waals surface area (Å²) < 4.78 is 2.47. The molecule has 54 heavy (non-hydrogen) atoms. The highest BCUT2D eigenvalue weighted by Gasteiger charge is 2.23. The van der Waals surface area contributed by atoms with Gasteiger partial charge in [-0.15, -0.1) is 0 Å². The Hall–Kier alpha value is -7.16. The summed E-state index contributed by atoms with van der Waals surface area (Å²) in [7, 11) is 0. The summed E-state index contributed by atoms with van der Waals surface area (Å²) in [6.45, 7) is 0. The highest BCUT2D eigenvalue weighted by molar-refractivity contribution is 6.24. The van der Waals surface area contributed by atoms with Gasteiger partial charge in [-0.05, 0) is 81.7 Å². The van der Waals surface area contributed by atoms with Crippen LogP contribution < -0.4 is 4.90 Å². The molecular formula is C52H36N2. The topological polar surface area (TPSA) is 8.17 Å². The summed E-state index contributed by atoms with van der Waals surface area (Å²) in [5, 5.41) is 4.93. The van der Waals surface area contributed by atoms with E-state index < -0.39 is 0 Å². The first-order valence-electron chi connectivity index (χ1n) is 18.5. The van der Waals surface area contributed by atoms with Crippen molar-refractivity contribution in [3.63, 3.8) is 0 Å². The summed E-state index contributed by atoms with van der Waals surface area (Å²) in [6.07, 6.45) is 0. The quantitative estimate of drug-likeness (QED) is 0.162. The highest BCUT2D eigenvalue weighted by atomic mass is 15.1. The van der Waals surface area contributed by atoms with Crippen molar-refractivity contribution >= 4 is 49.6 Å². The molecule has 1 heterocycles. The van der Waals surface area contributed by atoms with E-state index in [0.29, 0.717) is 0 Å². The summed E-state index contributed by atoms with van der Waals surface area (Å²) in [6, 6.07) is 78.8. The zero-order chi connectivity index (χ0) is 35.8. The minimum Gasteiger partial charge on any atom is -0.310 e. The molecule has 0 N–H and O–H groups in total. The van der Waals surface area contributed by atoms with Gasteiger partial charge in [0.1, 0.15) is 0 Å². The van der Waals surface area contributed by atoms with E-state index in [1.807, 2.05) is 0 Å². The minimum absolute atomic E-state index is 1.09. The van der Waals surface area contributed by atoms with Crippen molar-refractivity contribution in [1.29, 1.82) is 0 Å². The van der Waals surface area contributed by atoms with Crippen LogP contribution in [0.25, 0.3) is 71.6 Å². The lowest BCUT2D eigenvalue weighted by molar-refractivity contribution is 1.18. The summed E-state index contributed by atoms with van der Waals surface area (Å²) in [5.41, 5.74) is 14.0. The predicted octanol–water partition coefficient (Wildman–Crippen LogP) is 14.4. The Kier molecular flexibility index (Phi) is 7.85. The van der Waals surface area contributed by atoms with Crippen molar-refractivity contribution in [3.8, 4) is 39.1 Å². The fourth-order valence-corrected chi connectivity index (χ4v) is 8.09. The smallest absolute Gasteiger partial charge is 0.0625 e. The van der Waals surface area contributed by atoms with Crippen LogP contribution in [-0.4, -0.2) is 4.57 Å². The first-order valence-corrected chi connectivity index (χ1v) is 18.5. The van der Waals surface area contributed by atoms with E-state index in [-0.39, 0.29) is 0 Å². The largest absolute Gasteiger partial charge is 0.310 e. The Balaban J connectivity index is 1.28. The fourth-order valence-electron chi connectivity index (χ4n) is 8.09. The molecule has 0 bridgehead atoms. The number of hydrogen-bond donors (Lipinski definition) is 0. The van der Waals surface area contributed by atoms with Crippen LogP contribution in [0.4, 0.5) is 17.1 Å². The molecule has 2 heteroatoms. The van der Waals surface area contributed by atoms with E-state index in [0.717, 1.165) is 28.3 Å². The molecule has 9 aromatic carbocycles. The maximum Gasteiger partial charge on any atom is 0.0625 e. The van der Waals surface area contributed by atoms with E-state index in [1.54, 1.807) is 0 Å². The summed E-state index contributed by atoms with van der Waals surface area (Å²) in [5.74, 6) is 0. The second kappa shape index (κ2) is 13.4. The Morgan fingerprint density at radius 3 is 1.59 bits per heavy atom. The van der Waals surface area contributed by atoms with Gasteiger partial charge in [-0.3, -0.25) is 0 Å². The van der Waals surface area contributed by atoms with Gasteiger partial charge < -0.3 is 9.47 Å². The molecule has 2 nitrogen and oxygen atoms in total. The minimum atomic E-state index is 1.09. The van der Waals surface area contributed by atoms with Crippen LogP contribution in [0.1, 0.15) is 0 Å². The van der Waals surface area contributed by atoms with Gasteiger partial charge in [0, 0.05) is 38.8 Å². The average Bonchev–Trinajstić information content (AvgIpc) is 3.60. The van der Waals surface area contributed by atoms with Crippen LogP contribution in [0.3, 0.4) is 0 Å². The molecule has 0 aliphatic rings. The molecule has 0 radical (unpaired) electrons. The lowest BCUT2D eigenvalue weighted by atomic mass is 9.95. The fraction of sp³-hybridized carbons (Fsp3) is 0. The van der Waals surface area contributed by atoms with Gasteiger partial charge >= 0.3 is 0 Å². The second-order valence-electron chi connectivity index (χ2n) is 13.7. The number of aromatic nitrogens is 1. The summed E-state index contributed by atoms with van der Waals surface area (Å²) in [4.78, 5) is 2.42. The number of rotatable bonds is 7. The number of benzene rings is 9. The van der Waals surface area contributed by atoms with Crippen molar-refractivity contribution in [2.45, 2.75) is 0 Å². The average molecular weight is 689 g/mol. The van der Waals surface area contributed by atoms with E-state index >= 15 is 0 Å². The van der Waals surface area contributed by atoms with Gasteiger partial charge in [0.2, 0.25) is 0 Å². The first-order chi connectivity index (χ1) is 26.8. The molecule has 1 aromatic heterocycles. The van der Waals surface area contributed by atoms with Crippen LogP contribution in [0, 0.1) is 0 Å². The van der Waals surface area contributed by atoms with Gasteiger partial charge in [-0.25, -0.2) is 0 Å². The van der Waals surface area contributed by atoms with Crippen molar-refractivity contribution in [1.82, 2.24) is 4.57 Å². The Bertz CT molecular complexity index is 2890. The summed E-state index contributed by atoms with van der Waals surface area (Å²) >= 11 is 0. The molecule has 0 amide bonds. The SMILES string of the molecule is c1ccc(-c2ccc(N(c3ccc4c5c(-c6ccccc6)cc6ccccc6c5n(-c5ccccc5)c4c3)c3ccccc3-c3ccccc3)cc2)cc1. The van der Waals surface area contributed by atoms with E-state index in [9.17, 15) is 0 Å². The standard InChI is InChI=1S/C52H36N2/c1-5-17-37(18-6-1)38-29-31-43(32-30-38)53(49-28-16-15-26-45(49)39-19-7-2-8-20-39)44-33-34-47-50(36-44)54(42-24-11-4-12-25-42)52-46-27-14-13-23-41(46)35-48(51(47)52)40-21-9-3-10-22-40/h1-36H. The third-order valence-electron chi connectivity index (χ3n) is 10.6. The zero-order valence-corrected chi connectivity index (χ0v) is 29.7. The lowest BCUT2D eigenvalue weighted by Gasteiger charge is -2.28. The van der Waals surface area contributed by atoms with Crippen LogP contribution in [0.2, 0.25) is 0 Å². The molecule has 0 aliphatic carbocycles. The van der Waals surface area contributed by atoms with Crippen LogP contribution in [-0.2, 0) is 0 Å². The van der Waals surface area contributed by atoms with Gasteiger partial charge in [-0.2, -0.15) is 0 Å². The van der Waals surface area contributed by atoms with Crippen molar-refractivity contribution < 1.29 is 0 Å². The molecule has 0 saturated carbocycles. The Morgan fingerprint density at radius 2 is 0.889 bits per heavy atom. The molecule has 10 aromatic rings. The normalized spacial score (nSPS) is 11.3. The number of para-hydroxylation sites is 2. The number of anilines is 3. The molecule has 10 rings (SSSR count). The molecule has 0 aliphatic heterocycles. The zero-order valence-electron chi connectivity index (χ0n) is 29.7. The maximum atomic E-state index is 2.47. The lowest BCUT2D eigenvalue weighted by Crippen LogP contribution is -2.11. The van der Waals surface area contributed by atoms with Crippen molar-refractivity contribution in [3.05, 3.63) is 218 Å². The predicted molar refractivity (Wildman–Crippen MR) is 229 cm³/mol. The molecule has 0 unspecified atom stereocenters. The van der Waals surface area contributed by atoms with E-state index in [2.05, 4.69) is 228 Å². The van der Waals surface area contributed by atoms with Crippen LogP contribution in [0.5, 0.6) is 0 Å². The number of fused-ring (bicyclic) bond motifs is 5. The molecule has 0 spiro atoms. The van der Waals surface area contributed by atoms with E-state index in [4.69, 9.17) is 0 Å². The van der Waals surface area contributed by atoms with Crippen molar-refractivity contribution in [2.75, 3.05) is 4.90 Å². The van der Waals surface area contributed by atoms with E-state index in [1.165, 1.54) is 60.4 Å². The van der Waals surface area contributed by atoms with Gasteiger partial charge in [0.05, 0.1) is 16.7 Å². The van der Waals surface area contributed by atoms with Gasteiger partial charge in [-0.1, -0.05) is 170 Å². The third kappa shape index (κ3) is 5.44. The van der Waals surface area contributed by atoms with Crippen LogP contribution >= 0.6 is 0 Å². The van der Waals surface area contributed by atoms with Gasteiger partial charge in [0.25, 0.3) is 0 Å². The highest BCUT2D eigenvalue weighted by Crippen LogP contribution is 2.46. The maximum absolute atomic E-state index is 2.47. The second-order valence-corrected chi connectivity index (χ2v) is 13.7. The molecule has 0 saturated heterocycles. The molecule has 0 atom stereocenters. The third-order valence-corrected chi connectivity index (χ3v) is 10.6. The first kappa shape index (κ1) is 31.6. The molecule has 0 fully saturated rings. The molecular weight excluding hydrogens is 653 g/mol.